The van der Waals surface area contributed by atoms with Crippen molar-refractivity contribution in [1.29, 1.82) is 0 Å². The standard InChI is InChI=1S/2C19H27N3O2.C18H21ClFN3O.C18H22ClN3.2C17H22ClN3O/c1-12(23)13-8-9-15-16(10-13)22(14-6-5-7-14)18(20-15)21-17(24)11-19(2,3)4;1-11(2)12(3)18(24)21-19-20-16-9-8-14(13(4)23)10-17(16)22(19)15-6-5-7-15;1-18(20)9-11(10-18)7-16(24)22-17-21-14-6-5-12(19)8-15(14)23(17)13-3-2-4-13;1-11(14-10-18(14,2)3)20-17-21-15-8-7-12(19)9-16(15)22(17)13-5-4-6-13;1-17(2,3)10-15(22)20-16-19-13-8-7-11(18)9-14(13)21(16)12-5-4-6-12;1-10(2)11(3)16(22)20-17-19-14-8-7-12(18)9-15(14)21(17)13-5-4-6-13/h8-10,12,14,23H,5-7,11H2,1-4H3,(H,20,21,24);8-13,15,23H,5-7H2,1-4H3,(H,20,21,24);5-6,8,11,13H,2-4,7,9-10H2,1H3,(H,21,22,24);7-9,13-14H,1,4-6,10H2,2-3H3,(H,20,21);7-9,12H,4-6,10H2,1-3H3,(H,19,20,22);7-11,13H,4-6H2,1-3H3,(H,19,20,22)/t;12-,13?;;14-;;11-/m.0.1.0/s1. The number of imidazole rings is 6. The molecule has 5 amide bonds. The third-order valence-electron chi connectivity index (χ3n) is 29.2. The maximum Gasteiger partial charge on any atom is 0.229 e. The van der Waals surface area contributed by atoms with Gasteiger partial charge in [0.25, 0.3) is 0 Å². The number of hydrogen-bond donors (Lipinski definition) is 8. The van der Waals surface area contributed by atoms with E-state index in [9.17, 15) is 38.6 Å². The molecule has 25 nitrogen and oxygen atoms in total. The number of amides is 5. The van der Waals surface area contributed by atoms with Crippen molar-refractivity contribution < 1.29 is 38.6 Å². The number of benzene rings is 6. The molecule has 8 fully saturated rings. The van der Waals surface area contributed by atoms with E-state index in [1.165, 1.54) is 57.8 Å². The number of hydrogen-bond acceptors (Lipinski definition) is 14. The molecule has 0 bridgehead atoms. The van der Waals surface area contributed by atoms with Gasteiger partial charge >= 0.3 is 0 Å². The van der Waals surface area contributed by atoms with Crippen LogP contribution in [-0.2, 0) is 24.0 Å². The maximum atomic E-state index is 13.6. The molecule has 6 heterocycles. The number of alkyl halides is 1. The fraction of sp³-hybridized carbons (Fsp3) is 0.546. The number of aliphatic hydroxyl groups excluding tert-OH is 2. The molecule has 138 heavy (non-hydrogen) atoms. The Balaban J connectivity index is 0.000000126. The first-order valence-electron chi connectivity index (χ1n) is 50.1. The fourth-order valence-electron chi connectivity index (χ4n) is 19.0. The lowest BCUT2D eigenvalue weighted by molar-refractivity contribution is -0.121. The molecular formula is C108H141Cl4FN18O7. The van der Waals surface area contributed by atoms with Crippen molar-refractivity contribution in [2.75, 3.05) is 31.9 Å². The summed E-state index contributed by atoms with van der Waals surface area (Å²) in [5.74, 6) is 5.20. The van der Waals surface area contributed by atoms with Crippen LogP contribution in [-0.4, -0.2) is 103 Å². The molecule has 30 heteroatoms. The molecule has 2 unspecified atom stereocenters. The van der Waals surface area contributed by atoms with Crippen LogP contribution in [0.25, 0.3) is 66.2 Å². The summed E-state index contributed by atoms with van der Waals surface area (Å²) in [6.45, 7) is 38.4. The molecular weight excluding hydrogens is 1820 g/mol. The highest BCUT2D eigenvalue weighted by Gasteiger charge is 2.48. The van der Waals surface area contributed by atoms with E-state index in [0.29, 0.717) is 130 Å². The van der Waals surface area contributed by atoms with Gasteiger partial charge in [0.05, 0.1) is 78.4 Å². The molecule has 8 aliphatic carbocycles. The van der Waals surface area contributed by atoms with E-state index < -0.39 is 17.9 Å². The normalized spacial score (nSPS) is 19.6. The Hall–Kier alpha value is -9.96. The Morgan fingerprint density at radius 3 is 0.848 bits per heavy atom. The summed E-state index contributed by atoms with van der Waals surface area (Å²) in [6, 6.07) is 37.0. The van der Waals surface area contributed by atoms with Crippen molar-refractivity contribution in [3.05, 3.63) is 153 Å². The van der Waals surface area contributed by atoms with Crippen LogP contribution in [0, 0.1) is 51.8 Å². The smallest absolute Gasteiger partial charge is 0.229 e. The Morgan fingerprint density at radius 2 is 0.623 bits per heavy atom. The lowest BCUT2D eigenvalue weighted by Crippen LogP contribution is -2.38. The maximum absolute atomic E-state index is 13.6. The number of nitrogens with one attached hydrogen (secondary N) is 6. The topological polar surface area (TPSA) is 305 Å². The monoisotopic (exact) mass is 1960 g/mol. The van der Waals surface area contributed by atoms with Gasteiger partial charge in [-0.15, -0.1) is 0 Å². The van der Waals surface area contributed by atoms with Crippen molar-refractivity contribution >= 4 is 178 Å². The van der Waals surface area contributed by atoms with Gasteiger partial charge in [0, 0.05) is 99.1 Å². The number of aliphatic hydroxyl groups is 2. The van der Waals surface area contributed by atoms with Gasteiger partial charge in [0.2, 0.25) is 65.2 Å². The van der Waals surface area contributed by atoms with E-state index in [4.69, 9.17) is 51.4 Å². The van der Waals surface area contributed by atoms with Crippen LogP contribution in [0.1, 0.15) is 331 Å². The van der Waals surface area contributed by atoms with Gasteiger partial charge in [-0.1, -0.05) is 162 Å². The van der Waals surface area contributed by atoms with Crippen molar-refractivity contribution in [3.63, 3.8) is 0 Å². The number of nitrogens with zero attached hydrogens (tertiary/aromatic N) is 12. The number of aromatic nitrogens is 12. The largest absolute Gasteiger partial charge is 0.389 e. The van der Waals surface area contributed by atoms with Gasteiger partial charge in [-0.05, 0) is 298 Å². The molecule has 6 aromatic heterocycles. The molecule has 8 N–H and O–H groups in total. The van der Waals surface area contributed by atoms with Gasteiger partial charge in [-0.2, -0.15) is 0 Å². The second-order valence-electron chi connectivity index (χ2n) is 44.2. The number of anilines is 6. The number of rotatable bonds is 24. The predicted molar refractivity (Wildman–Crippen MR) is 558 cm³/mol. The van der Waals surface area contributed by atoms with Crippen LogP contribution in [0.15, 0.2) is 121 Å². The molecule has 0 saturated heterocycles. The van der Waals surface area contributed by atoms with Crippen molar-refractivity contribution in [2.45, 2.75) is 326 Å². The summed E-state index contributed by atoms with van der Waals surface area (Å²) in [7, 11) is 0. The first-order valence-corrected chi connectivity index (χ1v) is 51.6. The highest BCUT2D eigenvalue weighted by Crippen LogP contribution is 2.56. The van der Waals surface area contributed by atoms with Crippen LogP contribution in [0.5, 0.6) is 0 Å². The first-order chi connectivity index (χ1) is 65.3. The highest BCUT2D eigenvalue weighted by molar-refractivity contribution is 6.32. The second-order valence-corrected chi connectivity index (χ2v) is 45.9. The predicted octanol–water partition coefficient (Wildman–Crippen LogP) is 27.9. The van der Waals surface area contributed by atoms with E-state index in [1.807, 2.05) is 137 Å². The molecule has 8 saturated carbocycles. The summed E-state index contributed by atoms with van der Waals surface area (Å²) in [5, 5.41) is 41.0. The Bertz CT molecular complexity index is 6330. The summed E-state index contributed by atoms with van der Waals surface area (Å²) >= 11 is 24.6. The SMILES string of the molecule is C=C(Nc1nc2ccc(Cl)cc2n1C1CCC1)[C@H]1CC1(C)C.CC(C)(C)CC(=O)Nc1nc2ccc(Cl)cc2n1C1CCC1.CC(C)[C@H](C)C(=O)Nc1nc2ccc(Cl)cc2n1C1CCC1.CC(O)c1ccc2nc(NC(=O)CC(C)(C)C)n(C3CCC3)c2c1.CC(O)c1ccc2nc(NC(=O)[C@@H](C)C(C)C)n(C3CCC3)c2c1.CC1(F)CC(CC(=O)Nc2nc3ccc(Cl)cc3n2C2CCC2)C1. The number of carbonyl (C=O) groups is 5. The van der Waals surface area contributed by atoms with Crippen LogP contribution in [0.3, 0.4) is 0 Å². The van der Waals surface area contributed by atoms with Crippen molar-refractivity contribution in [1.82, 2.24) is 57.3 Å². The lowest BCUT2D eigenvalue weighted by atomic mass is 9.72. The summed E-state index contributed by atoms with van der Waals surface area (Å²) in [4.78, 5) is 89.7. The zero-order valence-corrected chi connectivity index (χ0v) is 86.4. The van der Waals surface area contributed by atoms with Crippen LogP contribution < -0.4 is 31.9 Å². The van der Waals surface area contributed by atoms with E-state index in [0.717, 1.165) is 158 Å². The third kappa shape index (κ3) is 24.3. The van der Waals surface area contributed by atoms with E-state index >= 15 is 0 Å². The second kappa shape index (κ2) is 42.5. The van der Waals surface area contributed by atoms with Crippen LogP contribution in [0.2, 0.25) is 20.1 Å². The molecule has 0 radical (unpaired) electrons. The first kappa shape index (κ1) is 102. The zero-order chi connectivity index (χ0) is 99.1. The molecule has 5 atom stereocenters. The van der Waals surface area contributed by atoms with Gasteiger partial charge < -0.3 is 42.9 Å². The van der Waals surface area contributed by atoms with Gasteiger partial charge in [0.1, 0.15) is 5.67 Å². The van der Waals surface area contributed by atoms with Crippen molar-refractivity contribution in [2.24, 2.45) is 51.8 Å². The molecule has 12 aromatic rings. The van der Waals surface area contributed by atoms with Gasteiger partial charge in [0.15, 0.2) is 0 Å². The average Bonchev–Trinajstić information content (AvgIpc) is 1.59. The van der Waals surface area contributed by atoms with Crippen LogP contribution in [0.4, 0.5) is 40.1 Å². The third-order valence-corrected chi connectivity index (χ3v) is 30.1. The molecule has 0 spiro atoms. The number of carbonyl (C=O) groups excluding carboxylic acids is 5. The Kier molecular flexibility index (Phi) is 31.5. The molecule has 8 aliphatic rings. The minimum Gasteiger partial charge on any atom is -0.389 e. The van der Waals surface area contributed by atoms with Crippen LogP contribution >= 0.6 is 46.4 Å². The summed E-state index contributed by atoms with van der Waals surface area (Å²) in [5.41, 5.74) is 13.4. The molecule has 740 valence electrons. The van der Waals surface area contributed by atoms with E-state index in [1.54, 1.807) is 20.8 Å². The van der Waals surface area contributed by atoms with Gasteiger partial charge in [-0.3, -0.25) is 50.6 Å². The number of halogens is 5. The minimum absolute atomic E-state index is 0.00544. The Labute approximate surface area is 830 Å². The van der Waals surface area contributed by atoms with Crippen molar-refractivity contribution in [3.8, 4) is 0 Å². The molecule has 6 aromatic carbocycles. The van der Waals surface area contributed by atoms with E-state index in [-0.39, 0.29) is 64.0 Å². The quantitative estimate of drug-likeness (QED) is 0.0279. The van der Waals surface area contributed by atoms with Gasteiger partial charge in [-0.25, -0.2) is 34.3 Å². The fourth-order valence-corrected chi connectivity index (χ4v) is 19.7. The molecule has 20 rings (SSSR count). The number of allylic oxidation sites excluding steroid dienone is 1. The summed E-state index contributed by atoms with van der Waals surface area (Å²) in [6.07, 6.45) is 23.3. The highest BCUT2D eigenvalue weighted by atomic mass is 35.5. The lowest BCUT2D eigenvalue weighted by Gasteiger charge is -2.38. The Morgan fingerprint density at radius 1 is 0.384 bits per heavy atom. The zero-order valence-electron chi connectivity index (χ0n) is 83.3. The molecule has 0 aliphatic heterocycles. The number of fused-ring (bicyclic) bond motifs is 6. The van der Waals surface area contributed by atoms with E-state index in [2.05, 4.69) is 160 Å². The minimum atomic E-state index is -1.10. The average molecular weight is 1960 g/mol. The summed E-state index contributed by atoms with van der Waals surface area (Å²) < 4.78 is 26.6.